The molecule has 0 bridgehead atoms. The topological polar surface area (TPSA) is 81.7 Å². The fraction of sp³-hybridized carbons (Fsp3) is 0.412. The Labute approximate surface area is 148 Å². The highest BCUT2D eigenvalue weighted by Crippen LogP contribution is 2.33. The molecular formula is C17H20F3N3O3. The van der Waals surface area contributed by atoms with E-state index in [0.717, 1.165) is 0 Å². The van der Waals surface area contributed by atoms with Gasteiger partial charge in [-0.1, -0.05) is 6.07 Å². The molecule has 0 heterocycles. The van der Waals surface area contributed by atoms with E-state index < -0.39 is 24.5 Å². The van der Waals surface area contributed by atoms with Crippen molar-refractivity contribution >= 4 is 17.4 Å². The number of halogens is 3. The summed E-state index contributed by atoms with van der Waals surface area (Å²) in [5, 5.41) is 15.7. The Kier molecular flexibility index (Phi) is 5.48. The van der Waals surface area contributed by atoms with E-state index in [0.29, 0.717) is 5.70 Å². The van der Waals surface area contributed by atoms with Crippen LogP contribution in [-0.2, 0) is 4.79 Å². The van der Waals surface area contributed by atoms with E-state index in [4.69, 9.17) is 0 Å². The number of nitrogens with zero attached hydrogens (tertiary/aromatic N) is 1. The molecule has 6 nitrogen and oxygen atoms in total. The van der Waals surface area contributed by atoms with Crippen molar-refractivity contribution in [1.29, 1.82) is 0 Å². The number of carbonyl (C=O) groups is 2. The van der Waals surface area contributed by atoms with Crippen LogP contribution in [0.15, 0.2) is 29.6 Å². The van der Waals surface area contributed by atoms with Gasteiger partial charge in [-0.15, -0.1) is 0 Å². The lowest BCUT2D eigenvalue weighted by Gasteiger charge is -2.28. The molecule has 0 radical (unpaired) electrons. The van der Waals surface area contributed by atoms with Crippen molar-refractivity contribution in [3.05, 3.63) is 35.2 Å². The van der Waals surface area contributed by atoms with Gasteiger partial charge in [-0.2, -0.15) is 13.2 Å². The van der Waals surface area contributed by atoms with Crippen LogP contribution in [0.2, 0.25) is 0 Å². The van der Waals surface area contributed by atoms with Crippen LogP contribution in [0.3, 0.4) is 0 Å². The largest absolute Gasteiger partial charge is 0.505 e. The minimum atomic E-state index is -4.31. The number of hydrogen-bond donors (Lipinski definition) is 3. The number of amides is 1. The fourth-order valence-electron chi connectivity index (χ4n) is 2.56. The molecular weight excluding hydrogens is 351 g/mol. The first-order chi connectivity index (χ1) is 12.0. The molecule has 1 aliphatic rings. The maximum absolute atomic E-state index is 12.4. The van der Waals surface area contributed by atoms with Crippen LogP contribution in [0.5, 0.6) is 5.75 Å². The summed E-state index contributed by atoms with van der Waals surface area (Å²) in [7, 11) is 3.06. The lowest BCUT2D eigenvalue weighted by atomic mass is 9.97. The molecule has 9 heteroatoms. The Bertz CT molecular complexity index is 757. The molecule has 1 aromatic rings. The first-order valence-corrected chi connectivity index (χ1v) is 7.90. The summed E-state index contributed by atoms with van der Waals surface area (Å²) in [6.45, 7) is 1.37. The normalized spacial score (nSPS) is 15.4. The average molecular weight is 371 g/mol. The smallest absolute Gasteiger partial charge is 0.391 e. The number of allylic oxidation sites excluding steroid dienone is 2. The summed E-state index contributed by atoms with van der Waals surface area (Å²) in [5.41, 5.74) is 0.607. The third-order valence-electron chi connectivity index (χ3n) is 3.81. The second-order valence-corrected chi connectivity index (χ2v) is 6.34. The lowest BCUT2D eigenvalue weighted by molar-refractivity contribution is -0.138. The average Bonchev–Trinajstić information content (AvgIpc) is 2.51. The van der Waals surface area contributed by atoms with E-state index in [9.17, 15) is 27.9 Å². The van der Waals surface area contributed by atoms with E-state index in [2.05, 4.69) is 10.6 Å². The number of benzene rings is 1. The first kappa shape index (κ1) is 19.6. The Morgan fingerprint density at radius 2 is 2.00 bits per heavy atom. The van der Waals surface area contributed by atoms with Crippen molar-refractivity contribution in [2.75, 3.05) is 19.4 Å². The number of carbonyl (C=O) groups excluding carboxylic acids is 2. The van der Waals surface area contributed by atoms with Gasteiger partial charge in [0.05, 0.1) is 24.1 Å². The van der Waals surface area contributed by atoms with Crippen molar-refractivity contribution in [2.24, 2.45) is 0 Å². The zero-order valence-corrected chi connectivity index (χ0v) is 14.6. The number of phenols is 1. The molecule has 142 valence electrons. The monoisotopic (exact) mass is 371 g/mol. The zero-order valence-electron chi connectivity index (χ0n) is 14.6. The molecule has 0 aliphatic heterocycles. The van der Waals surface area contributed by atoms with E-state index >= 15 is 0 Å². The summed E-state index contributed by atoms with van der Waals surface area (Å²) in [6, 6.07) is 3.54. The second-order valence-electron chi connectivity index (χ2n) is 6.34. The number of hydrogen-bond acceptors (Lipinski definition) is 5. The molecule has 2 rings (SSSR count). The first-order valence-electron chi connectivity index (χ1n) is 7.90. The molecule has 0 saturated heterocycles. The van der Waals surface area contributed by atoms with Crippen molar-refractivity contribution < 1.29 is 27.9 Å². The second kappa shape index (κ2) is 7.27. The van der Waals surface area contributed by atoms with Crippen LogP contribution in [-0.4, -0.2) is 48.0 Å². The maximum atomic E-state index is 12.4. The standard InChI is InChI=1S/C17H20F3N3O3/c1-9(8-17(18,19)20)21-12-7-13(24)14(12)22-11-6-4-5-10(15(11)25)16(26)23(2)3/h4-6,9,21-22,25H,7-8H2,1-3H3. The number of phenolic OH excluding ortho intramolecular Hbond substituents is 1. The number of ketones is 1. The minimum Gasteiger partial charge on any atom is -0.505 e. The van der Waals surface area contributed by atoms with E-state index in [1.165, 1.54) is 44.1 Å². The molecule has 0 aromatic heterocycles. The molecule has 1 atom stereocenters. The highest BCUT2D eigenvalue weighted by Gasteiger charge is 2.33. The Hall–Kier alpha value is -2.71. The van der Waals surface area contributed by atoms with Crippen LogP contribution < -0.4 is 10.6 Å². The lowest BCUT2D eigenvalue weighted by Crippen LogP contribution is -2.38. The Morgan fingerprint density at radius 1 is 1.35 bits per heavy atom. The van der Waals surface area contributed by atoms with Gasteiger partial charge in [-0.05, 0) is 19.1 Å². The highest BCUT2D eigenvalue weighted by molar-refractivity contribution is 6.07. The summed E-state index contributed by atoms with van der Waals surface area (Å²) >= 11 is 0. The predicted molar refractivity (Wildman–Crippen MR) is 89.7 cm³/mol. The number of anilines is 1. The number of para-hydroxylation sites is 1. The highest BCUT2D eigenvalue weighted by atomic mass is 19.4. The molecule has 1 aromatic carbocycles. The number of alkyl halides is 3. The summed E-state index contributed by atoms with van der Waals surface area (Å²) in [4.78, 5) is 25.1. The third kappa shape index (κ3) is 4.47. The van der Waals surface area contributed by atoms with Gasteiger partial charge in [0, 0.05) is 25.8 Å². The van der Waals surface area contributed by atoms with Crippen molar-refractivity contribution in [3.8, 4) is 5.75 Å². The summed E-state index contributed by atoms with van der Waals surface area (Å²) in [5.74, 6) is -1.05. The van der Waals surface area contributed by atoms with Gasteiger partial charge in [0.25, 0.3) is 5.91 Å². The van der Waals surface area contributed by atoms with Crippen LogP contribution in [0, 0.1) is 0 Å². The SMILES string of the molecule is CC(CC(F)(F)F)NC1=C(Nc2cccc(C(=O)N(C)C)c2O)C(=O)C1. The van der Waals surface area contributed by atoms with E-state index in [1.807, 2.05) is 0 Å². The van der Waals surface area contributed by atoms with E-state index in [1.54, 1.807) is 0 Å². The Balaban J connectivity index is 2.20. The van der Waals surface area contributed by atoms with Crippen molar-refractivity contribution in [1.82, 2.24) is 10.2 Å². The molecule has 1 unspecified atom stereocenters. The molecule has 0 spiro atoms. The van der Waals surface area contributed by atoms with Gasteiger partial charge in [0.2, 0.25) is 0 Å². The van der Waals surface area contributed by atoms with Crippen LogP contribution >= 0.6 is 0 Å². The Morgan fingerprint density at radius 3 is 2.54 bits per heavy atom. The molecule has 1 aliphatic carbocycles. The number of Topliss-reactive ketones (excluding diaryl/α,β-unsaturated/α-hetero) is 1. The van der Waals surface area contributed by atoms with Crippen molar-refractivity contribution in [2.45, 2.75) is 32.0 Å². The molecule has 1 amide bonds. The molecule has 0 fully saturated rings. The van der Waals surface area contributed by atoms with Gasteiger partial charge >= 0.3 is 6.18 Å². The minimum absolute atomic E-state index is 0.0123. The molecule has 0 saturated carbocycles. The molecule has 3 N–H and O–H groups in total. The molecule has 26 heavy (non-hydrogen) atoms. The van der Waals surface area contributed by atoms with Crippen molar-refractivity contribution in [3.63, 3.8) is 0 Å². The number of aromatic hydroxyl groups is 1. The fourth-order valence-corrected chi connectivity index (χ4v) is 2.56. The summed E-state index contributed by atoms with van der Waals surface area (Å²) < 4.78 is 37.3. The van der Waals surface area contributed by atoms with Gasteiger partial charge in [0.1, 0.15) is 5.70 Å². The number of rotatable bonds is 6. The van der Waals surface area contributed by atoms with Gasteiger partial charge in [-0.25, -0.2) is 0 Å². The zero-order chi connectivity index (χ0) is 19.6. The third-order valence-corrected chi connectivity index (χ3v) is 3.81. The quantitative estimate of drug-likeness (QED) is 0.670. The predicted octanol–water partition coefficient (Wildman–Crippen LogP) is 2.62. The summed E-state index contributed by atoms with van der Waals surface area (Å²) in [6.07, 6.45) is -5.36. The van der Waals surface area contributed by atoms with Crippen LogP contribution in [0.25, 0.3) is 0 Å². The van der Waals surface area contributed by atoms with E-state index in [-0.39, 0.29) is 34.9 Å². The maximum Gasteiger partial charge on any atom is 0.391 e. The van der Waals surface area contributed by atoms with Crippen LogP contribution in [0.1, 0.15) is 30.1 Å². The van der Waals surface area contributed by atoms with Gasteiger partial charge < -0.3 is 20.6 Å². The van der Waals surface area contributed by atoms with Gasteiger partial charge in [0.15, 0.2) is 11.5 Å². The van der Waals surface area contributed by atoms with Crippen LogP contribution in [0.4, 0.5) is 18.9 Å². The van der Waals surface area contributed by atoms with Gasteiger partial charge in [-0.3, -0.25) is 9.59 Å². The number of nitrogens with one attached hydrogen (secondary N) is 2.